The summed E-state index contributed by atoms with van der Waals surface area (Å²) in [5, 5.41) is 10.0. The quantitative estimate of drug-likeness (QED) is 0.497. The Balaban J connectivity index is 1.48. The fourth-order valence-electron chi connectivity index (χ4n) is 6.33. The molecule has 0 spiro atoms. The number of nitrogens with two attached hydrogens (primary N) is 1. The van der Waals surface area contributed by atoms with Gasteiger partial charge in [0.15, 0.2) is 5.78 Å². The summed E-state index contributed by atoms with van der Waals surface area (Å²) in [4.78, 5) is 30.5. The molecule has 0 unspecified atom stereocenters. The van der Waals surface area contributed by atoms with Crippen molar-refractivity contribution in [2.45, 2.75) is 63.8 Å². The van der Waals surface area contributed by atoms with E-state index in [0.29, 0.717) is 11.3 Å². The SMILES string of the molecule is CC(=O)c1[nH]c2cccc(C3(CCN4CCc5cc(C#N)ccc5C4)CCCCC3)c2c1C(N)=O. The molecule has 2 aliphatic rings. The highest BCUT2D eigenvalue weighted by molar-refractivity contribution is 6.16. The number of aromatic nitrogens is 1. The molecule has 6 heteroatoms. The number of nitriles is 1. The first-order valence-corrected chi connectivity index (χ1v) is 12.6. The summed E-state index contributed by atoms with van der Waals surface area (Å²) < 4.78 is 0. The second kappa shape index (κ2) is 9.31. The Morgan fingerprint density at radius 1 is 1.14 bits per heavy atom. The zero-order valence-electron chi connectivity index (χ0n) is 20.3. The average molecular weight is 469 g/mol. The molecule has 2 aromatic carbocycles. The molecule has 1 aliphatic heterocycles. The smallest absolute Gasteiger partial charge is 0.251 e. The summed E-state index contributed by atoms with van der Waals surface area (Å²) in [5.74, 6) is -0.727. The lowest BCUT2D eigenvalue weighted by atomic mass is 9.66. The van der Waals surface area contributed by atoms with Crippen LogP contribution in [-0.2, 0) is 18.4 Å². The molecule has 6 nitrogen and oxygen atoms in total. The Labute approximate surface area is 206 Å². The Bertz CT molecular complexity index is 1340. The highest BCUT2D eigenvalue weighted by atomic mass is 16.1. The van der Waals surface area contributed by atoms with Crippen molar-refractivity contribution < 1.29 is 9.59 Å². The fourth-order valence-corrected chi connectivity index (χ4v) is 6.33. The van der Waals surface area contributed by atoms with Gasteiger partial charge in [0.2, 0.25) is 0 Å². The summed E-state index contributed by atoms with van der Waals surface area (Å²) >= 11 is 0. The van der Waals surface area contributed by atoms with E-state index in [0.717, 1.165) is 80.2 Å². The van der Waals surface area contributed by atoms with E-state index >= 15 is 0 Å². The van der Waals surface area contributed by atoms with E-state index in [1.165, 1.54) is 24.5 Å². The molecular weight excluding hydrogens is 436 g/mol. The number of fused-ring (bicyclic) bond motifs is 2. The number of Topliss-reactive ketones (excluding diaryl/α,β-unsaturated/α-hetero) is 1. The molecule has 0 atom stereocenters. The summed E-state index contributed by atoms with van der Waals surface area (Å²) in [7, 11) is 0. The van der Waals surface area contributed by atoms with Crippen LogP contribution in [0.3, 0.4) is 0 Å². The molecule has 3 aromatic rings. The zero-order valence-corrected chi connectivity index (χ0v) is 20.3. The monoisotopic (exact) mass is 468 g/mol. The van der Waals surface area contributed by atoms with Gasteiger partial charge in [-0.3, -0.25) is 14.5 Å². The first-order chi connectivity index (χ1) is 16.9. The minimum Gasteiger partial charge on any atom is -0.366 e. The number of rotatable bonds is 6. The maximum Gasteiger partial charge on any atom is 0.251 e. The number of nitrogens with one attached hydrogen (secondary N) is 1. The van der Waals surface area contributed by atoms with Gasteiger partial charge >= 0.3 is 0 Å². The van der Waals surface area contributed by atoms with E-state index < -0.39 is 5.91 Å². The number of hydrogen-bond donors (Lipinski definition) is 2. The van der Waals surface area contributed by atoms with Gasteiger partial charge in [0, 0.05) is 30.9 Å². The second-order valence-electron chi connectivity index (χ2n) is 10.2. The predicted octanol–water partition coefficient (Wildman–Crippen LogP) is 4.99. The minimum atomic E-state index is -0.552. The largest absolute Gasteiger partial charge is 0.366 e. The van der Waals surface area contributed by atoms with E-state index in [1.54, 1.807) is 0 Å². The van der Waals surface area contributed by atoms with Crippen LogP contribution in [-0.4, -0.2) is 34.7 Å². The molecule has 1 fully saturated rings. The van der Waals surface area contributed by atoms with Crippen molar-refractivity contribution >= 4 is 22.6 Å². The molecule has 5 rings (SSSR count). The molecule has 180 valence electrons. The Hall–Kier alpha value is -3.43. The number of hydrogen-bond acceptors (Lipinski definition) is 4. The molecule has 1 saturated carbocycles. The fraction of sp³-hybridized carbons (Fsp3) is 0.414. The normalized spacial score (nSPS) is 17.6. The molecule has 1 aliphatic carbocycles. The third-order valence-corrected chi connectivity index (χ3v) is 8.14. The van der Waals surface area contributed by atoms with Crippen LogP contribution in [0.5, 0.6) is 0 Å². The van der Waals surface area contributed by atoms with Crippen LogP contribution in [0, 0.1) is 11.3 Å². The second-order valence-corrected chi connectivity index (χ2v) is 10.2. The molecule has 35 heavy (non-hydrogen) atoms. The number of carbonyl (C=O) groups is 2. The van der Waals surface area contributed by atoms with Gasteiger partial charge in [0.05, 0.1) is 22.9 Å². The van der Waals surface area contributed by atoms with Crippen molar-refractivity contribution in [3.63, 3.8) is 0 Å². The summed E-state index contributed by atoms with van der Waals surface area (Å²) in [5.41, 5.74) is 11.7. The standard InChI is InChI=1S/C29H32N4O2/c1-19(34)27-26(28(31)35)25-23(6-5-7-24(25)32-27)29(11-3-2-4-12-29)13-15-33-14-10-21-16-20(17-30)8-9-22(21)18-33/h5-9,16,32H,2-4,10-15,18H2,1H3,(H2,31,35). The first-order valence-electron chi connectivity index (χ1n) is 12.6. The lowest BCUT2D eigenvalue weighted by Gasteiger charge is -2.41. The molecular formula is C29H32N4O2. The molecule has 0 bridgehead atoms. The van der Waals surface area contributed by atoms with Crippen LogP contribution >= 0.6 is 0 Å². The van der Waals surface area contributed by atoms with Crippen molar-refractivity contribution in [1.82, 2.24) is 9.88 Å². The number of amides is 1. The van der Waals surface area contributed by atoms with Gasteiger partial charge in [0.25, 0.3) is 5.91 Å². The lowest BCUT2D eigenvalue weighted by Crippen LogP contribution is -2.37. The van der Waals surface area contributed by atoms with Crippen LogP contribution in [0.2, 0.25) is 0 Å². The van der Waals surface area contributed by atoms with Crippen molar-refractivity contribution in [3.8, 4) is 6.07 Å². The number of H-pyrrole nitrogens is 1. The topological polar surface area (TPSA) is 103 Å². The Kier molecular flexibility index (Phi) is 6.21. The van der Waals surface area contributed by atoms with Crippen molar-refractivity contribution in [2.75, 3.05) is 13.1 Å². The number of aromatic amines is 1. The van der Waals surface area contributed by atoms with E-state index in [4.69, 9.17) is 5.73 Å². The van der Waals surface area contributed by atoms with E-state index in [-0.39, 0.29) is 11.2 Å². The van der Waals surface area contributed by atoms with Gasteiger partial charge in [-0.2, -0.15) is 5.26 Å². The predicted molar refractivity (Wildman–Crippen MR) is 136 cm³/mol. The van der Waals surface area contributed by atoms with Gasteiger partial charge in [-0.05, 0) is 72.5 Å². The molecule has 3 N–H and O–H groups in total. The third-order valence-electron chi connectivity index (χ3n) is 8.14. The third kappa shape index (κ3) is 4.26. The van der Waals surface area contributed by atoms with Crippen molar-refractivity contribution in [2.24, 2.45) is 5.73 Å². The lowest BCUT2D eigenvalue weighted by molar-refractivity contribution is 0.0972. The van der Waals surface area contributed by atoms with E-state index in [2.05, 4.69) is 28.1 Å². The van der Waals surface area contributed by atoms with Gasteiger partial charge in [-0.25, -0.2) is 0 Å². The highest BCUT2D eigenvalue weighted by Crippen LogP contribution is 2.46. The number of benzene rings is 2. The Morgan fingerprint density at radius 3 is 2.66 bits per heavy atom. The van der Waals surface area contributed by atoms with Crippen LogP contribution in [0.25, 0.3) is 10.9 Å². The van der Waals surface area contributed by atoms with Gasteiger partial charge < -0.3 is 10.7 Å². The number of nitrogens with zero attached hydrogens (tertiary/aromatic N) is 2. The number of primary amides is 1. The maximum absolute atomic E-state index is 12.5. The summed E-state index contributed by atoms with van der Waals surface area (Å²) in [6.45, 7) is 4.31. The summed E-state index contributed by atoms with van der Waals surface area (Å²) in [6.07, 6.45) is 7.64. The average Bonchev–Trinajstić information content (AvgIpc) is 3.28. The number of carbonyl (C=O) groups excluding carboxylic acids is 2. The molecule has 1 aromatic heterocycles. The summed E-state index contributed by atoms with van der Waals surface area (Å²) in [6, 6.07) is 14.4. The molecule has 0 saturated heterocycles. The van der Waals surface area contributed by atoms with Crippen LogP contribution in [0.1, 0.15) is 88.5 Å². The van der Waals surface area contributed by atoms with E-state index in [1.807, 2.05) is 24.3 Å². The number of ketones is 1. The van der Waals surface area contributed by atoms with E-state index in [9.17, 15) is 14.9 Å². The molecule has 1 amide bonds. The van der Waals surface area contributed by atoms with Gasteiger partial charge in [-0.1, -0.05) is 37.5 Å². The minimum absolute atomic E-state index is 0.0524. The van der Waals surface area contributed by atoms with Crippen molar-refractivity contribution in [3.05, 3.63) is 69.9 Å². The van der Waals surface area contributed by atoms with Crippen molar-refractivity contribution in [1.29, 1.82) is 5.26 Å². The van der Waals surface area contributed by atoms with Gasteiger partial charge in [0.1, 0.15) is 0 Å². The highest BCUT2D eigenvalue weighted by Gasteiger charge is 2.37. The maximum atomic E-state index is 12.5. The van der Waals surface area contributed by atoms with Crippen LogP contribution < -0.4 is 5.73 Å². The first kappa shape index (κ1) is 23.3. The Morgan fingerprint density at radius 2 is 1.94 bits per heavy atom. The van der Waals surface area contributed by atoms with Crippen LogP contribution in [0.15, 0.2) is 36.4 Å². The van der Waals surface area contributed by atoms with Gasteiger partial charge in [-0.15, -0.1) is 0 Å². The zero-order chi connectivity index (χ0) is 24.6. The van der Waals surface area contributed by atoms with Crippen LogP contribution in [0.4, 0.5) is 0 Å². The molecule has 2 heterocycles. The molecule has 0 radical (unpaired) electrons.